The third-order valence-electron chi connectivity index (χ3n) is 3.65. The number of rotatable bonds is 5. The largest absolute Gasteiger partial charge is 0.330 e. The van der Waals surface area contributed by atoms with E-state index in [0.717, 1.165) is 13.0 Å². The average Bonchev–Trinajstić information content (AvgIpc) is 2.25. The third kappa shape index (κ3) is 3.08. The van der Waals surface area contributed by atoms with Crippen molar-refractivity contribution < 1.29 is 0 Å². The number of hydrogen-bond donors (Lipinski definition) is 1. The van der Waals surface area contributed by atoms with Gasteiger partial charge in [-0.2, -0.15) is 0 Å². The first-order chi connectivity index (χ1) is 7.57. The first-order valence-electron chi connectivity index (χ1n) is 6.34. The molecule has 0 heterocycles. The summed E-state index contributed by atoms with van der Waals surface area (Å²) in [6.45, 7) is 9.75. The molecule has 1 nitrogen and oxygen atoms in total. The summed E-state index contributed by atoms with van der Waals surface area (Å²) in [6, 6.07) is 2.30. The van der Waals surface area contributed by atoms with Gasteiger partial charge in [-0.25, -0.2) is 0 Å². The highest BCUT2D eigenvalue weighted by Gasteiger charge is 2.07. The summed E-state index contributed by atoms with van der Waals surface area (Å²) in [5, 5.41) is 0. The Balaban J connectivity index is 2.78. The Morgan fingerprint density at radius 2 is 1.44 bits per heavy atom. The van der Waals surface area contributed by atoms with E-state index in [1.54, 1.807) is 5.56 Å². The molecule has 0 saturated carbocycles. The van der Waals surface area contributed by atoms with E-state index in [1.807, 2.05) is 0 Å². The van der Waals surface area contributed by atoms with Crippen molar-refractivity contribution in [2.75, 3.05) is 6.54 Å². The van der Waals surface area contributed by atoms with Crippen LogP contribution in [0.1, 0.15) is 47.1 Å². The second-order valence-corrected chi connectivity index (χ2v) is 4.84. The molecule has 1 aromatic rings. The zero-order chi connectivity index (χ0) is 12.1. The van der Waals surface area contributed by atoms with Crippen LogP contribution in [0.15, 0.2) is 6.07 Å². The Bertz CT molecular complexity index is 327. The van der Waals surface area contributed by atoms with Crippen molar-refractivity contribution in [3.63, 3.8) is 0 Å². The highest BCUT2D eigenvalue weighted by molar-refractivity contribution is 5.43. The fourth-order valence-electron chi connectivity index (χ4n) is 2.30. The molecule has 0 aliphatic heterocycles. The Labute approximate surface area is 100 Å². The van der Waals surface area contributed by atoms with E-state index in [4.69, 9.17) is 5.73 Å². The predicted octanol–water partition coefficient (Wildman–Crippen LogP) is 3.59. The molecule has 0 saturated heterocycles. The first kappa shape index (κ1) is 13.2. The summed E-state index contributed by atoms with van der Waals surface area (Å²) in [5.74, 6) is 0. The molecule has 0 unspecified atom stereocenters. The molecule has 0 radical (unpaired) electrons. The lowest BCUT2D eigenvalue weighted by Gasteiger charge is -2.15. The zero-order valence-corrected chi connectivity index (χ0v) is 11.2. The van der Waals surface area contributed by atoms with Crippen LogP contribution in [0, 0.1) is 27.7 Å². The monoisotopic (exact) mass is 219 g/mol. The highest BCUT2D eigenvalue weighted by Crippen LogP contribution is 2.23. The fraction of sp³-hybridized carbons (Fsp3) is 0.600. The molecule has 1 aromatic carbocycles. The molecule has 2 N–H and O–H groups in total. The van der Waals surface area contributed by atoms with Crippen molar-refractivity contribution in [3.05, 3.63) is 33.9 Å². The maximum atomic E-state index is 5.52. The van der Waals surface area contributed by atoms with E-state index >= 15 is 0 Å². The Kier molecular flexibility index (Phi) is 5.01. The second-order valence-electron chi connectivity index (χ2n) is 4.84. The van der Waals surface area contributed by atoms with Crippen molar-refractivity contribution in [3.8, 4) is 0 Å². The van der Waals surface area contributed by atoms with Gasteiger partial charge in [0.25, 0.3) is 0 Å². The summed E-state index contributed by atoms with van der Waals surface area (Å²) < 4.78 is 0. The van der Waals surface area contributed by atoms with Crippen molar-refractivity contribution in [2.45, 2.75) is 53.4 Å². The average molecular weight is 219 g/mol. The number of hydrogen-bond acceptors (Lipinski definition) is 1. The summed E-state index contributed by atoms with van der Waals surface area (Å²) in [7, 11) is 0. The van der Waals surface area contributed by atoms with Crippen LogP contribution < -0.4 is 5.73 Å². The quantitative estimate of drug-likeness (QED) is 0.752. The van der Waals surface area contributed by atoms with Gasteiger partial charge in [-0.1, -0.05) is 12.5 Å². The molecule has 0 bridgehead atoms. The van der Waals surface area contributed by atoms with Crippen LogP contribution in [0.4, 0.5) is 0 Å². The number of unbranched alkanes of at least 4 members (excludes halogenated alkanes) is 2. The van der Waals surface area contributed by atoms with Crippen LogP contribution in [-0.2, 0) is 6.42 Å². The van der Waals surface area contributed by atoms with Gasteiger partial charge in [0, 0.05) is 0 Å². The van der Waals surface area contributed by atoms with Gasteiger partial charge in [0.2, 0.25) is 0 Å². The minimum Gasteiger partial charge on any atom is -0.330 e. The molecule has 0 aliphatic rings. The number of aryl methyl sites for hydroxylation is 2. The van der Waals surface area contributed by atoms with Crippen molar-refractivity contribution in [2.24, 2.45) is 5.73 Å². The normalized spacial score (nSPS) is 10.8. The SMILES string of the molecule is Cc1cc(C)c(C)c(CCCCCN)c1C. The van der Waals surface area contributed by atoms with E-state index in [9.17, 15) is 0 Å². The molecule has 1 heteroatoms. The van der Waals surface area contributed by atoms with Gasteiger partial charge in [0.15, 0.2) is 0 Å². The molecular formula is C15H25N. The van der Waals surface area contributed by atoms with E-state index < -0.39 is 0 Å². The fourth-order valence-corrected chi connectivity index (χ4v) is 2.30. The summed E-state index contributed by atoms with van der Waals surface area (Å²) >= 11 is 0. The second kappa shape index (κ2) is 6.05. The maximum Gasteiger partial charge on any atom is -0.00773 e. The molecule has 1 rings (SSSR count). The molecule has 0 spiro atoms. The van der Waals surface area contributed by atoms with Crippen molar-refractivity contribution >= 4 is 0 Å². The van der Waals surface area contributed by atoms with Gasteiger partial charge in [0.05, 0.1) is 0 Å². The van der Waals surface area contributed by atoms with E-state index in [2.05, 4.69) is 33.8 Å². The molecule has 0 aliphatic carbocycles. The lowest BCUT2D eigenvalue weighted by atomic mass is 9.91. The minimum absolute atomic E-state index is 0.824. The summed E-state index contributed by atoms with van der Waals surface area (Å²) in [6.07, 6.45) is 4.88. The number of nitrogens with two attached hydrogens (primary N) is 1. The molecular weight excluding hydrogens is 194 g/mol. The van der Waals surface area contributed by atoms with Crippen LogP contribution in [0.2, 0.25) is 0 Å². The van der Waals surface area contributed by atoms with Gasteiger partial charge in [-0.05, 0) is 81.3 Å². The molecule has 0 fully saturated rings. The summed E-state index contributed by atoms with van der Waals surface area (Å²) in [5.41, 5.74) is 12.9. The van der Waals surface area contributed by atoms with Crippen LogP contribution >= 0.6 is 0 Å². The molecule has 0 amide bonds. The van der Waals surface area contributed by atoms with Gasteiger partial charge in [-0.15, -0.1) is 0 Å². The molecule has 16 heavy (non-hydrogen) atoms. The minimum atomic E-state index is 0.824. The van der Waals surface area contributed by atoms with Crippen LogP contribution in [0.25, 0.3) is 0 Å². The maximum absolute atomic E-state index is 5.52. The molecule has 0 aromatic heterocycles. The van der Waals surface area contributed by atoms with Gasteiger partial charge in [0.1, 0.15) is 0 Å². The third-order valence-corrected chi connectivity index (χ3v) is 3.65. The van der Waals surface area contributed by atoms with Crippen LogP contribution in [0.3, 0.4) is 0 Å². The first-order valence-corrected chi connectivity index (χ1v) is 6.34. The lowest BCUT2D eigenvalue weighted by Crippen LogP contribution is -2.01. The molecule has 90 valence electrons. The Morgan fingerprint density at radius 3 is 1.94 bits per heavy atom. The molecule has 0 atom stereocenters. The highest BCUT2D eigenvalue weighted by atomic mass is 14.5. The van der Waals surface area contributed by atoms with Gasteiger partial charge < -0.3 is 5.73 Å². The van der Waals surface area contributed by atoms with Crippen molar-refractivity contribution in [1.29, 1.82) is 0 Å². The van der Waals surface area contributed by atoms with Crippen LogP contribution in [-0.4, -0.2) is 6.54 Å². The zero-order valence-electron chi connectivity index (χ0n) is 11.2. The van der Waals surface area contributed by atoms with Crippen molar-refractivity contribution in [1.82, 2.24) is 0 Å². The van der Waals surface area contributed by atoms with Gasteiger partial charge >= 0.3 is 0 Å². The van der Waals surface area contributed by atoms with E-state index in [-0.39, 0.29) is 0 Å². The number of benzene rings is 1. The Hall–Kier alpha value is -0.820. The lowest BCUT2D eigenvalue weighted by molar-refractivity contribution is 0.683. The Morgan fingerprint density at radius 1 is 0.875 bits per heavy atom. The predicted molar refractivity (Wildman–Crippen MR) is 72.0 cm³/mol. The standard InChI is InChI=1S/C15H25N/c1-11-10-12(2)14(4)15(13(11)3)8-6-5-7-9-16/h10H,5-9,16H2,1-4H3. The van der Waals surface area contributed by atoms with E-state index in [0.29, 0.717) is 0 Å². The smallest absolute Gasteiger partial charge is 0.00773 e. The van der Waals surface area contributed by atoms with Gasteiger partial charge in [-0.3, -0.25) is 0 Å². The van der Waals surface area contributed by atoms with E-state index in [1.165, 1.54) is 41.5 Å². The summed E-state index contributed by atoms with van der Waals surface area (Å²) in [4.78, 5) is 0. The van der Waals surface area contributed by atoms with Crippen LogP contribution in [0.5, 0.6) is 0 Å². The topological polar surface area (TPSA) is 26.0 Å².